The number of cyclic esters (lactones) is 1. The molecule has 2 heterocycles. The summed E-state index contributed by atoms with van der Waals surface area (Å²) >= 11 is 5.32. The highest BCUT2D eigenvalue weighted by Gasteiger charge is 2.30. The van der Waals surface area contributed by atoms with Crippen LogP contribution in [0.25, 0.3) is 0 Å². The lowest BCUT2D eigenvalue weighted by atomic mass is 10.1. The van der Waals surface area contributed by atoms with Crippen LogP contribution in [-0.4, -0.2) is 42.8 Å². The van der Waals surface area contributed by atoms with Crippen LogP contribution in [0.1, 0.15) is 29.5 Å². The van der Waals surface area contributed by atoms with Gasteiger partial charge in [-0.3, -0.25) is 4.79 Å². The van der Waals surface area contributed by atoms with E-state index in [1.54, 1.807) is 16.2 Å². The van der Waals surface area contributed by atoms with E-state index in [4.69, 9.17) is 9.47 Å². The van der Waals surface area contributed by atoms with Crippen molar-refractivity contribution in [2.45, 2.75) is 39.2 Å². The van der Waals surface area contributed by atoms with Gasteiger partial charge in [-0.1, -0.05) is 0 Å². The van der Waals surface area contributed by atoms with Gasteiger partial charge in [0.05, 0.1) is 12.6 Å². The number of ether oxygens (including phenoxy) is 2. The molecular weight excluding hydrogens is 370 g/mol. The van der Waals surface area contributed by atoms with E-state index < -0.39 is 0 Å². The van der Waals surface area contributed by atoms with Crippen molar-refractivity contribution in [3.8, 4) is 0 Å². The molecule has 1 amide bonds. The number of thiophene rings is 1. The second-order valence-corrected chi connectivity index (χ2v) is 7.48. The lowest BCUT2D eigenvalue weighted by Crippen LogP contribution is -2.48. The molecule has 1 atom stereocenters. The summed E-state index contributed by atoms with van der Waals surface area (Å²) in [5, 5.41) is 0. The van der Waals surface area contributed by atoms with Gasteiger partial charge in [-0.25, -0.2) is 4.79 Å². The van der Waals surface area contributed by atoms with E-state index in [2.05, 4.69) is 28.9 Å². The molecule has 1 fully saturated rings. The van der Waals surface area contributed by atoms with Crippen molar-refractivity contribution < 1.29 is 19.1 Å². The second kappa shape index (κ2) is 7.97. The first-order chi connectivity index (χ1) is 10.5. The third kappa shape index (κ3) is 4.71. The molecule has 0 N–H and O–H groups in total. The first-order valence-corrected chi connectivity index (χ1v) is 8.90. The standard InChI is InChI=1S/C15H20BrNO4S/c1-10-8-13(16)14(22-10)4-3-6-17-12(9-21-11(2)18)5-7-20-15(17)19/h8,12H,3-7,9H2,1-2H3/t12-/m1/s1. The van der Waals surface area contributed by atoms with Gasteiger partial charge in [0.2, 0.25) is 0 Å². The molecule has 1 aromatic heterocycles. The largest absolute Gasteiger partial charge is 0.464 e. The third-order valence-corrected chi connectivity index (χ3v) is 5.59. The lowest BCUT2D eigenvalue weighted by molar-refractivity contribution is -0.143. The smallest absolute Gasteiger partial charge is 0.410 e. The molecule has 0 bridgehead atoms. The Morgan fingerprint density at radius 1 is 1.59 bits per heavy atom. The Hall–Kier alpha value is -1.08. The van der Waals surface area contributed by atoms with Crippen LogP contribution in [0.15, 0.2) is 10.5 Å². The normalized spacial score (nSPS) is 18.2. The summed E-state index contributed by atoms with van der Waals surface area (Å²) < 4.78 is 11.3. The number of hydrogen-bond donors (Lipinski definition) is 0. The highest BCUT2D eigenvalue weighted by Crippen LogP contribution is 2.28. The number of hydrogen-bond acceptors (Lipinski definition) is 5. The van der Waals surface area contributed by atoms with Crippen LogP contribution < -0.4 is 0 Å². The minimum Gasteiger partial charge on any atom is -0.464 e. The Balaban J connectivity index is 1.88. The summed E-state index contributed by atoms with van der Waals surface area (Å²) in [4.78, 5) is 27.1. The number of carbonyl (C=O) groups excluding carboxylic acids is 2. The molecule has 0 spiro atoms. The quantitative estimate of drug-likeness (QED) is 0.698. The summed E-state index contributed by atoms with van der Waals surface area (Å²) in [5.41, 5.74) is 0. The zero-order chi connectivity index (χ0) is 16.1. The van der Waals surface area contributed by atoms with E-state index >= 15 is 0 Å². The lowest BCUT2D eigenvalue weighted by Gasteiger charge is -2.34. The Morgan fingerprint density at radius 2 is 2.36 bits per heavy atom. The monoisotopic (exact) mass is 389 g/mol. The fourth-order valence-corrected chi connectivity index (χ4v) is 4.35. The van der Waals surface area contributed by atoms with Gasteiger partial charge in [-0.2, -0.15) is 0 Å². The zero-order valence-electron chi connectivity index (χ0n) is 12.8. The predicted octanol–water partition coefficient (Wildman–Crippen LogP) is 3.53. The molecule has 1 saturated heterocycles. The number of aryl methyl sites for hydroxylation is 2. The molecular formula is C15H20BrNO4S. The minimum atomic E-state index is -0.322. The minimum absolute atomic E-state index is 0.0846. The summed E-state index contributed by atoms with van der Waals surface area (Å²) in [6.07, 6.45) is 2.14. The fraction of sp³-hybridized carbons (Fsp3) is 0.600. The molecule has 7 heteroatoms. The van der Waals surface area contributed by atoms with Crippen LogP contribution in [0.5, 0.6) is 0 Å². The SMILES string of the molecule is CC(=O)OC[C@H]1CCOC(=O)N1CCCc1sc(C)cc1Br. The predicted molar refractivity (Wildman–Crippen MR) is 88.2 cm³/mol. The van der Waals surface area contributed by atoms with E-state index in [1.807, 2.05) is 0 Å². The molecule has 0 aromatic carbocycles. The van der Waals surface area contributed by atoms with Crippen LogP contribution >= 0.6 is 27.3 Å². The van der Waals surface area contributed by atoms with Gasteiger partial charge >= 0.3 is 12.1 Å². The number of esters is 1. The summed E-state index contributed by atoms with van der Waals surface area (Å²) in [6.45, 7) is 4.69. The van der Waals surface area contributed by atoms with E-state index in [0.29, 0.717) is 19.6 Å². The van der Waals surface area contributed by atoms with Crippen molar-refractivity contribution in [2.75, 3.05) is 19.8 Å². The van der Waals surface area contributed by atoms with Crippen molar-refractivity contribution in [2.24, 2.45) is 0 Å². The average Bonchev–Trinajstić information content (AvgIpc) is 2.77. The van der Waals surface area contributed by atoms with Crippen molar-refractivity contribution in [3.63, 3.8) is 0 Å². The number of amides is 1. The van der Waals surface area contributed by atoms with Crippen molar-refractivity contribution >= 4 is 39.3 Å². The number of carbonyl (C=O) groups is 2. The van der Waals surface area contributed by atoms with Crippen LogP contribution in [0.4, 0.5) is 4.79 Å². The van der Waals surface area contributed by atoms with Gasteiger partial charge in [0.15, 0.2) is 0 Å². The van der Waals surface area contributed by atoms with Gasteiger partial charge in [-0.15, -0.1) is 11.3 Å². The van der Waals surface area contributed by atoms with E-state index in [1.165, 1.54) is 16.7 Å². The van der Waals surface area contributed by atoms with Crippen LogP contribution in [0, 0.1) is 6.92 Å². The first-order valence-electron chi connectivity index (χ1n) is 7.29. The van der Waals surface area contributed by atoms with Crippen LogP contribution in [-0.2, 0) is 20.7 Å². The number of rotatable bonds is 6. The molecule has 2 rings (SSSR count). The van der Waals surface area contributed by atoms with Gasteiger partial charge < -0.3 is 14.4 Å². The molecule has 1 aliphatic heterocycles. The van der Waals surface area contributed by atoms with Crippen molar-refractivity contribution in [3.05, 3.63) is 20.3 Å². The van der Waals surface area contributed by atoms with Gasteiger partial charge in [-0.05, 0) is 41.8 Å². The van der Waals surface area contributed by atoms with Crippen molar-refractivity contribution in [1.82, 2.24) is 4.90 Å². The van der Waals surface area contributed by atoms with Gasteiger partial charge in [0.1, 0.15) is 6.61 Å². The number of nitrogens with zero attached hydrogens (tertiary/aromatic N) is 1. The maximum absolute atomic E-state index is 11.9. The maximum atomic E-state index is 11.9. The molecule has 0 radical (unpaired) electrons. The van der Waals surface area contributed by atoms with E-state index in [9.17, 15) is 9.59 Å². The van der Waals surface area contributed by atoms with Gasteiger partial charge in [0, 0.05) is 34.1 Å². The second-order valence-electron chi connectivity index (χ2n) is 5.28. The zero-order valence-corrected chi connectivity index (χ0v) is 15.2. The highest BCUT2D eigenvalue weighted by atomic mass is 79.9. The summed E-state index contributed by atoms with van der Waals surface area (Å²) in [6, 6.07) is 2.03. The highest BCUT2D eigenvalue weighted by molar-refractivity contribution is 9.10. The van der Waals surface area contributed by atoms with Gasteiger partial charge in [0.25, 0.3) is 0 Å². The van der Waals surface area contributed by atoms with Crippen molar-refractivity contribution in [1.29, 1.82) is 0 Å². The van der Waals surface area contributed by atoms with E-state index in [-0.39, 0.29) is 24.7 Å². The average molecular weight is 390 g/mol. The molecule has 1 aromatic rings. The molecule has 22 heavy (non-hydrogen) atoms. The molecule has 5 nitrogen and oxygen atoms in total. The summed E-state index contributed by atoms with van der Waals surface area (Å²) in [5.74, 6) is -0.322. The Labute approximate surface area is 142 Å². The molecule has 1 aliphatic rings. The third-order valence-electron chi connectivity index (χ3n) is 3.51. The molecule has 0 aliphatic carbocycles. The van der Waals surface area contributed by atoms with Crippen LogP contribution in [0.3, 0.4) is 0 Å². The molecule has 122 valence electrons. The summed E-state index contributed by atoms with van der Waals surface area (Å²) in [7, 11) is 0. The number of halogens is 1. The first kappa shape index (κ1) is 17.3. The van der Waals surface area contributed by atoms with Crippen LogP contribution in [0.2, 0.25) is 0 Å². The molecule has 0 saturated carbocycles. The van der Waals surface area contributed by atoms with E-state index in [0.717, 1.165) is 17.3 Å². The Bertz CT molecular complexity index is 546. The maximum Gasteiger partial charge on any atom is 0.410 e. The molecule has 0 unspecified atom stereocenters. The Morgan fingerprint density at radius 3 is 3.00 bits per heavy atom. The fourth-order valence-electron chi connectivity index (χ4n) is 2.44. The topological polar surface area (TPSA) is 55.8 Å². The Kier molecular flexibility index (Phi) is 6.26.